The van der Waals surface area contributed by atoms with Crippen molar-refractivity contribution in [1.29, 1.82) is 0 Å². The summed E-state index contributed by atoms with van der Waals surface area (Å²) in [7, 11) is 2.29. The quantitative estimate of drug-likeness (QED) is 0.915. The summed E-state index contributed by atoms with van der Waals surface area (Å²) in [5, 5.41) is 4.88. The van der Waals surface area contributed by atoms with Crippen molar-refractivity contribution in [2.75, 3.05) is 18.9 Å². The average molecular weight is 299 g/mol. The zero-order chi connectivity index (χ0) is 15.2. The van der Waals surface area contributed by atoms with Gasteiger partial charge >= 0.3 is 0 Å². The van der Waals surface area contributed by atoms with Crippen LogP contribution in [0.15, 0.2) is 12.5 Å². The van der Waals surface area contributed by atoms with Gasteiger partial charge in [-0.15, -0.1) is 0 Å². The lowest BCUT2D eigenvalue weighted by Crippen LogP contribution is -2.37. The lowest BCUT2D eigenvalue weighted by Gasteiger charge is -2.31. The maximum atomic E-state index is 4.53. The topological polar surface area (TPSA) is 56.8 Å². The third-order valence-corrected chi connectivity index (χ3v) is 5.74. The summed E-state index contributed by atoms with van der Waals surface area (Å²) >= 11 is 0. The molecule has 1 aliphatic carbocycles. The van der Waals surface area contributed by atoms with E-state index in [2.05, 4.69) is 45.3 Å². The van der Waals surface area contributed by atoms with Crippen LogP contribution in [-0.2, 0) is 6.42 Å². The van der Waals surface area contributed by atoms with Gasteiger partial charge in [0.2, 0.25) is 0 Å². The minimum atomic E-state index is 0.440. The lowest BCUT2D eigenvalue weighted by atomic mass is 9.93. The van der Waals surface area contributed by atoms with Crippen LogP contribution < -0.4 is 5.32 Å². The molecule has 118 valence electrons. The van der Waals surface area contributed by atoms with E-state index in [0.29, 0.717) is 11.6 Å². The monoisotopic (exact) mass is 299 g/mol. The molecule has 2 fully saturated rings. The number of fused-ring (bicyclic) bond motifs is 1. The molecule has 0 bridgehead atoms. The molecule has 2 aliphatic rings. The van der Waals surface area contributed by atoms with E-state index in [-0.39, 0.29) is 0 Å². The van der Waals surface area contributed by atoms with Crippen molar-refractivity contribution >= 4 is 16.9 Å². The van der Waals surface area contributed by atoms with Crippen molar-refractivity contribution in [3.05, 3.63) is 18.1 Å². The Kier molecular flexibility index (Phi) is 3.33. The minimum absolute atomic E-state index is 0.440. The van der Waals surface area contributed by atoms with Gasteiger partial charge in [-0.1, -0.05) is 19.8 Å². The maximum Gasteiger partial charge on any atom is 0.143 e. The van der Waals surface area contributed by atoms with E-state index in [1.807, 2.05) is 0 Å². The molecular weight excluding hydrogens is 274 g/mol. The number of aryl methyl sites for hydroxylation is 1. The number of hydrogen-bond donors (Lipinski definition) is 2. The second-order valence-electron chi connectivity index (χ2n) is 6.97. The molecule has 5 heteroatoms. The smallest absolute Gasteiger partial charge is 0.143 e. The van der Waals surface area contributed by atoms with Gasteiger partial charge in [-0.05, 0) is 38.3 Å². The van der Waals surface area contributed by atoms with Gasteiger partial charge in [0.15, 0.2) is 0 Å². The molecule has 1 saturated carbocycles. The number of likely N-dealkylation sites (N-methyl/N-ethyl adjacent to an activating group) is 1. The normalized spacial score (nSPS) is 24.5. The van der Waals surface area contributed by atoms with E-state index in [9.17, 15) is 0 Å². The Balaban J connectivity index is 1.61. The third kappa shape index (κ3) is 2.10. The summed E-state index contributed by atoms with van der Waals surface area (Å²) in [4.78, 5) is 14.7. The molecule has 2 aromatic rings. The van der Waals surface area contributed by atoms with Crippen LogP contribution >= 0.6 is 0 Å². The second-order valence-corrected chi connectivity index (χ2v) is 6.97. The largest absolute Gasteiger partial charge is 0.365 e. The molecule has 0 amide bonds. The van der Waals surface area contributed by atoms with Gasteiger partial charge in [-0.25, -0.2) is 9.97 Å². The highest BCUT2D eigenvalue weighted by molar-refractivity contribution is 5.90. The summed E-state index contributed by atoms with van der Waals surface area (Å²) in [5.41, 5.74) is 2.67. The maximum absolute atomic E-state index is 4.53. The first-order valence-corrected chi connectivity index (χ1v) is 8.50. The molecule has 1 unspecified atom stereocenters. The predicted octanol–water partition coefficient (Wildman–Crippen LogP) is 2.95. The van der Waals surface area contributed by atoms with Crippen molar-refractivity contribution in [3.8, 4) is 0 Å². The third-order valence-electron chi connectivity index (χ3n) is 5.74. The van der Waals surface area contributed by atoms with E-state index >= 15 is 0 Å². The Hall–Kier alpha value is -1.62. The summed E-state index contributed by atoms with van der Waals surface area (Å²) in [6.45, 7) is 3.29. The molecule has 1 atom stereocenters. The van der Waals surface area contributed by atoms with E-state index < -0.39 is 0 Å². The predicted molar refractivity (Wildman–Crippen MR) is 89.1 cm³/mol. The van der Waals surface area contributed by atoms with Crippen LogP contribution in [-0.4, -0.2) is 45.0 Å². The molecule has 0 radical (unpaired) electrons. The number of aromatic amines is 1. The van der Waals surface area contributed by atoms with Crippen LogP contribution in [0.1, 0.15) is 44.6 Å². The Morgan fingerprint density at radius 1 is 1.36 bits per heavy atom. The van der Waals surface area contributed by atoms with E-state index in [1.54, 1.807) is 6.33 Å². The minimum Gasteiger partial charge on any atom is -0.365 e. The molecule has 1 spiro atoms. The summed E-state index contributed by atoms with van der Waals surface area (Å²) in [6, 6.07) is 0.487. The van der Waals surface area contributed by atoms with Crippen molar-refractivity contribution < 1.29 is 0 Å². The Bertz CT molecular complexity index is 671. The number of hydrogen-bond acceptors (Lipinski definition) is 4. The number of nitrogens with zero attached hydrogens (tertiary/aromatic N) is 3. The lowest BCUT2D eigenvalue weighted by molar-refractivity contribution is 0.180. The van der Waals surface area contributed by atoms with Gasteiger partial charge in [0, 0.05) is 24.3 Å². The molecule has 0 aromatic carbocycles. The zero-order valence-corrected chi connectivity index (χ0v) is 13.5. The fourth-order valence-corrected chi connectivity index (χ4v) is 4.53. The molecule has 3 heterocycles. The Morgan fingerprint density at radius 3 is 2.95 bits per heavy atom. The summed E-state index contributed by atoms with van der Waals surface area (Å²) < 4.78 is 0. The molecular formula is C17H25N5. The van der Waals surface area contributed by atoms with Crippen LogP contribution in [0.5, 0.6) is 0 Å². The molecule has 2 N–H and O–H groups in total. The fourth-order valence-electron chi connectivity index (χ4n) is 4.53. The summed E-state index contributed by atoms with van der Waals surface area (Å²) in [6.07, 6.45) is 11.4. The number of nitrogens with one attached hydrogen (secondary N) is 2. The summed E-state index contributed by atoms with van der Waals surface area (Å²) in [5.74, 6) is 0.997. The molecule has 1 saturated heterocycles. The van der Waals surface area contributed by atoms with E-state index in [4.69, 9.17) is 0 Å². The van der Waals surface area contributed by atoms with Gasteiger partial charge in [0.25, 0.3) is 0 Å². The number of H-pyrrole nitrogens is 1. The standard InChI is InChI=1S/C17H25N5/c1-3-12-9-18-15-14(12)16(20-11-19-15)21-13-8-17(22(2)10-13)6-4-5-7-17/h9,11,13H,3-8,10H2,1-2H3,(H2,18,19,20,21). The fraction of sp³-hybridized carbons (Fsp3) is 0.647. The van der Waals surface area contributed by atoms with Gasteiger partial charge in [0.05, 0.1) is 5.39 Å². The molecule has 5 nitrogen and oxygen atoms in total. The van der Waals surface area contributed by atoms with Crippen molar-refractivity contribution in [1.82, 2.24) is 19.9 Å². The number of rotatable bonds is 3. The molecule has 4 rings (SSSR count). The van der Waals surface area contributed by atoms with Gasteiger partial charge in [-0.3, -0.25) is 4.90 Å². The van der Waals surface area contributed by atoms with Crippen LogP contribution in [0.25, 0.3) is 11.0 Å². The number of anilines is 1. The van der Waals surface area contributed by atoms with E-state index in [0.717, 1.165) is 24.4 Å². The highest BCUT2D eigenvalue weighted by Gasteiger charge is 2.45. The molecule has 22 heavy (non-hydrogen) atoms. The SMILES string of the molecule is CCc1c[nH]c2ncnc(NC3CN(C)C4(CCCC4)C3)c12. The van der Waals surface area contributed by atoms with E-state index in [1.165, 1.54) is 43.1 Å². The molecule has 1 aliphatic heterocycles. The van der Waals surface area contributed by atoms with Crippen LogP contribution in [0.3, 0.4) is 0 Å². The first kappa shape index (κ1) is 14.0. The van der Waals surface area contributed by atoms with Gasteiger partial charge in [0.1, 0.15) is 17.8 Å². The first-order chi connectivity index (χ1) is 10.7. The van der Waals surface area contributed by atoms with Crippen LogP contribution in [0.2, 0.25) is 0 Å². The number of likely N-dealkylation sites (tertiary alicyclic amines) is 1. The highest BCUT2D eigenvalue weighted by Crippen LogP contribution is 2.43. The Morgan fingerprint density at radius 2 is 2.18 bits per heavy atom. The van der Waals surface area contributed by atoms with Crippen molar-refractivity contribution in [3.63, 3.8) is 0 Å². The highest BCUT2D eigenvalue weighted by atomic mass is 15.2. The van der Waals surface area contributed by atoms with Crippen LogP contribution in [0.4, 0.5) is 5.82 Å². The molecule has 2 aromatic heterocycles. The number of aromatic nitrogens is 3. The second kappa shape index (κ2) is 5.23. The van der Waals surface area contributed by atoms with Crippen molar-refractivity contribution in [2.24, 2.45) is 0 Å². The first-order valence-electron chi connectivity index (χ1n) is 8.50. The average Bonchev–Trinajstić information content (AvgIpc) is 3.20. The van der Waals surface area contributed by atoms with Gasteiger partial charge < -0.3 is 10.3 Å². The van der Waals surface area contributed by atoms with Crippen LogP contribution in [0, 0.1) is 0 Å². The zero-order valence-electron chi connectivity index (χ0n) is 13.5. The van der Waals surface area contributed by atoms with Crippen molar-refractivity contribution in [2.45, 2.75) is 57.0 Å². The van der Waals surface area contributed by atoms with Gasteiger partial charge in [-0.2, -0.15) is 0 Å². The Labute approximate surface area is 131 Å².